The molecule has 5 aromatic rings. The Morgan fingerprint density at radius 2 is 1.64 bits per heavy atom. The predicted octanol–water partition coefficient (Wildman–Crippen LogP) is 7.73. The van der Waals surface area contributed by atoms with Crippen molar-refractivity contribution in [2.75, 3.05) is 20.2 Å². The summed E-state index contributed by atoms with van der Waals surface area (Å²) >= 11 is 0. The van der Waals surface area contributed by atoms with Crippen molar-refractivity contribution < 1.29 is 9.13 Å². The van der Waals surface area contributed by atoms with E-state index in [1.54, 1.807) is 13.2 Å². The number of ether oxygens (including phenoxy) is 1. The summed E-state index contributed by atoms with van der Waals surface area (Å²) in [6.07, 6.45) is 4.17. The molecule has 1 unspecified atom stereocenters. The Morgan fingerprint density at radius 1 is 0.872 bits per heavy atom. The van der Waals surface area contributed by atoms with E-state index in [2.05, 4.69) is 59.5 Å². The van der Waals surface area contributed by atoms with Crippen LogP contribution >= 0.6 is 0 Å². The second-order valence-electron chi connectivity index (χ2n) is 10.2. The molecule has 1 atom stereocenters. The van der Waals surface area contributed by atoms with Gasteiger partial charge in [-0.2, -0.15) is 5.10 Å². The Morgan fingerprint density at radius 3 is 2.44 bits per heavy atom. The van der Waals surface area contributed by atoms with Gasteiger partial charge in [0.1, 0.15) is 11.6 Å². The van der Waals surface area contributed by atoms with E-state index in [1.165, 1.54) is 11.6 Å². The number of rotatable bonds is 7. The largest absolute Gasteiger partial charge is 0.497 e. The standard InChI is InChI=1S/C34H32FN3O/c1-39-31-13-7-11-27(21-31)28-12-8-20-37(23-28)24-29-22-36-38(34(29)32-14-5-6-15-33(32)35)30-18-16-26(17-19-30)25-9-3-2-4-10-25/h2-7,9-11,13-19,21-22,28H,8,12,20,23-24H2,1H3. The van der Waals surface area contributed by atoms with Crippen LogP contribution in [-0.4, -0.2) is 34.9 Å². The third kappa shape index (κ3) is 5.36. The number of methoxy groups -OCH3 is 1. The van der Waals surface area contributed by atoms with Gasteiger partial charge in [-0.25, -0.2) is 9.07 Å². The molecule has 0 amide bonds. The lowest BCUT2D eigenvalue weighted by Crippen LogP contribution is -2.34. The molecule has 0 bridgehead atoms. The highest BCUT2D eigenvalue weighted by Crippen LogP contribution is 2.33. The minimum Gasteiger partial charge on any atom is -0.497 e. The minimum atomic E-state index is -0.241. The van der Waals surface area contributed by atoms with Crippen LogP contribution in [0.5, 0.6) is 5.75 Å². The zero-order valence-electron chi connectivity index (χ0n) is 22.1. The molecule has 0 spiro atoms. The van der Waals surface area contributed by atoms with Crippen molar-refractivity contribution in [3.05, 3.63) is 126 Å². The highest BCUT2D eigenvalue weighted by Gasteiger charge is 2.25. The average Bonchev–Trinajstić information content (AvgIpc) is 3.41. The number of nitrogens with zero attached hydrogens (tertiary/aromatic N) is 3. The molecule has 5 heteroatoms. The monoisotopic (exact) mass is 517 g/mol. The molecule has 4 nitrogen and oxygen atoms in total. The van der Waals surface area contributed by atoms with Crippen molar-refractivity contribution in [1.82, 2.24) is 14.7 Å². The minimum absolute atomic E-state index is 0.241. The maximum absolute atomic E-state index is 15.2. The summed E-state index contributed by atoms with van der Waals surface area (Å²) in [6, 6.07) is 34.0. The lowest BCUT2D eigenvalue weighted by Gasteiger charge is -2.33. The number of piperidine rings is 1. The number of benzene rings is 4. The van der Waals surface area contributed by atoms with Gasteiger partial charge in [-0.1, -0.05) is 66.7 Å². The molecule has 4 aromatic carbocycles. The first-order valence-corrected chi connectivity index (χ1v) is 13.5. The first-order valence-electron chi connectivity index (χ1n) is 13.5. The predicted molar refractivity (Wildman–Crippen MR) is 155 cm³/mol. The Labute approximate surface area is 229 Å². The van der Waals surface area contributed by atoms with Crippen LogP contribution in [0.15, 0.2) is 109 Å². The van der Waals surface area contributed by atoms with Gasteiger partial charge in [0.25, 0.3) is 0 Å². The van der Waals surface area contributed by atoms with Crippen molar-refractivity contribution in [2.45, 2.75) is 25.3 Å². The highest BCUT2D eigenvalue weighted by atomic mass is 19.1. The van der Waals surface area contributed by atoms with Gasteiger partial charge in [0.2, 0.25) is 0 Å². The maximum Gasteiger partial charge on any atom is 0.132 e. The molecule has 1 fully saturated rings. The van der Waals surface area contributed by atoms with E-state index in [0.717, 1.165) is 59.8 Å². The van der Waals surface area contributed by atoms with Gasteiger partial charge >= 0.3 is 0 Å². The SMILES string of the molecule is COc1cccc(C2CCCN(Cc3cnn(-c4ccc(-c5ccccc5)cc4)c3-c3ccccc3F)C2)c1. The first kappa shape index (κ1) is 25.1. The molecule has 196 valence electrons. The van der Waals surface area contributed by atoms with E-state index in [1.807, 2.05) is 47.3 Å². The van der Waals surface area contributed by atoms with Gasteiger partial charge in [-0.15, -0.1) is 0 Å². The Kier molecular flexibility index (Phi) is 7.24. The van der Waals surface area contributed by atoms with Crippen LogP contribution in [-0.2, 0) is 6.54 Å². The second-order valence-corrected chi connectivity index (χ2v) is 10.2. The molecule has 1 aromatic heterocycles. The second kappa shape index (κ2) is 11.3. The fraction of sp³-hybridized carbons (Fsp3) is 0.206. The summed E-state index contributed by atoms with van der Waals surface area (Å²) in [5.74, 6) is 1.09. The van der Waals surface area contributed by atoms with Crippen LogP contribution < -0.4 is 4.74 Å². The summed E-state index contributed by atoms with van der Waals surface area (Å²) in [6.45, 7) is 2.67. The molecular weight excluding hydrogens is 485 g/mol. The van der Waals surface area contributed by atoms with Crippen LogP contribution in [0.2, 0.25) is 0 Å². The molecule has 1 aliphatic rings. The van der Waals surface area contributed by atoms with Gasteiger partial charge in [0.15, 0.2) is 0 Å². The smallest absolute Gasteiger partial charge is 0.132 e. The van der Waals surface area contributed by atoms with E-state index >= 15 is 4.39 Å². The summed E-state index contributed by atoms with van der Waals surface area (Å²) in [5.41, 5.74) is 6.92. The van der Waals surface area contributed by atoms with Crippen molar-refractivity contribution in [3.8, 4) is 33.8 Å². The van der Waals surface area contributed by atoms with E-state index in [4.69, 9.17) is 9.84 Å². The third-order valence-electron chi connectivity index (χ3n) is 7.66. The van der Waals surface area contributed by atoms with Gasteiger partial charge in [-0.05, 0) is 78.4 Å². The van der Waals surface area contributed by atoms with Gasteiger partial charge in [0.05, 0.1) is 24.7 Å². The molecule has 1 saturated heterocycles. The number of hydrogen-bond acceptors (Lipinski definition) is 3. The van der Waals surface area contributed by atoms with Crippen LogP contribution in [0, 0.1) is 5.82 Å². The summed E-state index contributed by atoms with van der Waals surface area (Å²) in [7, 11) is 1.71. The average molecular weight is 518 g/mol. The van der Waals surface area contributed by atoms with Crippen LogP contribution in [0.4, 0.5) is 4.39 Å². The topological polar surface area (TPSA) is 30.3 Å². The molecule has 6 rings (SSSR count). The quantitative estimate of drug-likeness (QED) is 0.221. The van der Waals surface area contributed by atoms with E-state index < -0.39 is 0 Å². The molecule has 0 N–H and O–H groups in total. The molecular formula is C34H32FN3O. The number of hydrogen-bond donors (Lipinski definition) is 0. The van der Waals surface area contributed by atoms with Crippen molar-refractivity contribution >= 4 is 0 Å². The van der Waals surface area contributed by atoms with Crippen molar-refractivity contribution in [3.63, 3.8) is 0 Å². The van der Waals surface area contributed by atoms with Gasteiger partial charge < -0.3 is 4.74 Å². The van der Waals surface area contributed by atoms with Crippen LogP contribution in [0.3, 0.4) is 0 Å². The maximum atomic E-state index is 15.2. The van der Waals surface area contributed by atoms with E-state index in [9.17, 15) is 0 Å². The molecule has 0 aliphatic carbocycles. The molecule has 0 radical (unpaired) electrons. The van der Waals surface area contributed by atoms with Crippen molar-refractivity contribution in [1.29, 1.82) is 0 Å². The fourth-order valence-electron chi connectivity index (χ4n) is 5.67. The first-order chi connectivity index (χ1) is 19.2. The Balaban J connectivity index is 1.31. The molecule has 0 saturated carbocycles. The molecule has 39 heavy (non-hydrogen) atoms. The lowest BCUT2D eigenvalue weighted by molar-refractivity contribution is 0.200. The van der Waals surface area contributed by atoms with Gasteiger partial charge in [0, 0.05) is 24.2 Å². The zero-order valence-corrected chi connectivity index (χ0v) is 22.1. The van der Waals surface area contributed by atoms with Crippen LogP contribution in [0.25, 0.3) is 28.1 Å². The Bertz CT molecular complexity index is 1540. The number of halogens is 1. The van der Waals surface area contributed by atoms with Crippen LogP contribution in [0.1, 0.15) is 29.9 Å². The van der Waals surface area contributed by atoms with E-state index in [-0.39, 0.29) is 5.82 Å². The summed E-state index contributed by atoms with van der Waals surface area (Å²) in [5, 5.41) is 4.78. The molecule has 1 aliphatic heterocycles. The Hall–Kier alpha value is -4.22. The summed E-state index contributed by atoms with van der Waals surface area (Å²) < 4.78 is 22.5. The third-order valence-corrected chi connectivity index (χ3v) is 7.66. The summed E-state index contributed by atoms with van der Waals surface area (Å²) in [4.78, 5) is 2.47. The number of likely N-dealkylation sites (tertiary alicyclic amines) is 1. The van der Waals surface area contributed by atoms with E-state index in [0.29, 0.717) is 18.0 Å². The normalized spacial score (nSPS) is 15.8. The zero-order chi connectivity index (χ0) is 26.6. The number of aromatic nitrogens is 2. The lowest BCUT2D eigenvalue weighted by atomic mass is 9.90. The fourth-order valence-corrected chi connectivity index (χ4v) is 5.67. The van der Waals surface area contributed by atoms with Crippen molar-refractivity contribution in [2.24, 2.45) is 0 Å². The molecule has 2 heterocycles. The highest BCUT2D eigenvalue weighted by molar-refractivity contribution is 5.68. The van der Waals surface area contributed by atoms with Gasteiger partial charge in [-0.3, -0.25) is 4.90 Å².